The van der Waals surface area contributed by atoms with Crippen LogP contribution in [-0.4, -0.2) is 24.9 Å². The number of amides is 2. The summed E-state index contributed by atoms with van der Waals surface area (Å²) in [7, 11) is 0. The Balaban J connectivity index is 0.00000625. The van der Waals surface area contributed by atoms with Crippen LogP contribution in [0.3, 0.4) is 0 Å². The monoisotopic (exact) mass is 379 g/mol. The van der Waals surface area contributed by atoms with E-state index < -0.39 is 0 Å². The number of nitrogens with two attached hydrogens (primary N) is 1. The molecule has 0 saturated heterocycles. The molecule has 0 aliphatic heterocycles. The van der Waals surface area contributed by atoms with Crippen molar-refractivity contribution in [1.29, 1.82) is 0 Å². The van der Waals surface area contributed by atoms with Gasteiger partial charge in [-0.15, -0.1) is 12.4 Å². The van der Waals surface area contributed by atoms with Gasteiger partial charge in [0.1, 0.15) is 0 Å². The smallest absolute Gasteiger partial charge is 0.244 e. The molecular formula is C20H30ClN3O2. The summed E-state index contributed by atoms with van der Waals surface area (Å²) < 4.78 is 0. The third kappa shape index (κ3) is 10.0. The molecule has 4 N–H and O–H groups in total. The van der Waals surface area contributed by atoms with Gasteiger partial charge in [-0.1, -0.05) is 47.6 Å². The van der Waals surface area contributed by atoms with Gasteiger partial charge in [0.05, 0.1) is 12.6 Å². The zero-order valence-corrected chi connectivity index (χ0v) is 16.6. The second-order valence-electron chi connectivity index (χ2n) is 6.29. The highest BCUT2D eigenvalue weighted by atomic mass is 35.5. The number of halogens is 1. The molecule has 0 spiro atoms. The Hall–Kier alpha value is -2.11. The highest BCUT2D eigenvalue weighted by molar-refractivity contribution is 5.88. The molecule has 5 nitrogen and oxygen atoms in total. The molecule has 1 atom stereocenters. The number of benzene rings is 1. The van der Waals surface area contributed by atoms with Gasteiger partial charge in [0, 0.05) is 12.6 Å². The van der Waals surface area contributed by atoms with Gasteiger partial charge in [0.25, 0.3) is 0 Å². The minimum atomic E-state index is -0.305. The van der Waals surface area contributed by atoms with Crippen molar-refractivity contribution in [3.05, 3.63) is 59.2 Å². The van der Waals surface area contributed by atoms with Crippen molar-refractivity contribution in [3.63, 3.8) is 0 Å². The Bertz CT molecular complexity index is 623. The molecule has 1 aromatic rings. The minimum absolute atomic E-state index is 0. The SMILES string of the molecule is CC(C)=CCC/C(C)=C/C(=O)NC[C@@H](NC(=O)CN)c1ccccc1.Cl. The number of allylic oxidation sites excluding steroid dienone is 3. The highest BCUT2D eigenvalue weighted by Gasteiger charge is 2.14. The minimum Gasteiger partial charge on any atom is -0.350 e. The molecule has 0 bridgehead atoms. The Morgan fingerprint density at radius 3 is 2.38 bits per heavy atom. The quantitative estimate of drug-likeness (QED) is 0.455. The molecule has 0 saturated carbocycles. The maximum Gasteiger partial charge on any atom is 0.244 e. The molecule has 26 heavy (non-hydrogen) atoms. The third-order valence-electron chi connectivity index (χ3n) is 3.67. The molecule has 6 heteroatoms. The van der Waals surface area contributed by atoms with Gasteiger partial charge in [-0.3, -0.25) is 9.59 Å². The fraction of sp³-hybridized carbons (Fsp3) is 0.400. The van der Waals surface area contributed by atoms with Crippen molar-refractivity contribution in [3.8, 4) is 0 Å². The van der Waals surface area contributed by atoms with E-state index in [4.69, 9.17) is 5.73 Å². The number of nitrogens with one attached hydrogen (secondary N) is 2. The van der Waals surface area contributed by atoms with E-state index in [0.29, 0.717) is 6.54 Å². The largest absolute Gasteiger partial charge is 0.350 e. The second-order valence-corrected chi connectivity index (χ2v) is 6.29. The Labute approximate surface area is 162 Å². The van der Waals surface area contributed by atoms with Crippen LogP contribution >= 0.6 is 12.4 Å². The zero-order chi connectivity index (χ0) is 18.7. The summed E-state index contributed by atoms with van der Waals surface area (Å²) in [5.41, 5.74) is 8.60. The van der Waals surface area contributed by atoms with Crippen LogP contribution in [0.2, 0.25) is 0 Å². The molecule has 1 aromatic carbocycles. The van der Waals surface area contributed by atoms with Gasteiger partial charge >= 0.3 is 0 Å². The first-order chi connectivity index (χ1) is 11.9. The molecule has 0 heterocycles. The fourth-order valence-corrected chi connectivity index (χ4v) is 2.33. The van der Waals surface area contributed by atoms with Crippen LogP contribution < -0.4 is 16.4 Å². The summed E-state index contributed by atoms with van der Waals surface area (Å²) in [6, 6.07) is 9.21. The molecule has 0 fully saturated rings. The molecule has 144 valence electrons. The lowest BCUT2D eigenvalue weighted by molar-refractivity contribution is -0.121. The van der Waals surface area contributed by atoms with Crippen LogP contribution in [0.5, 0.6) is 0 Å². The van der Waals surface area contributed by atoms with Gasteiger partial charge in [-0.2, -0.15) is 0 Å². The summed E-state index contributed by atoms with van der Waals surface area (Å²) in [5.74, 6) is -0.408. The van der Waals surface area contributed by atoms with E-state index in [1.54, 1.807) is 6.08 Å². The van der Waals surface area contributed by atoms with Crippen LogP contribution in [0.25, 0.3) is 0 Å². The van der Waals surface area contributed by atoms with Crippen LogP contribution in [0, 0.1) is 0 Å². The van der Waals surface area contributed by atoms with Gasteiger partial charge in [-0.05, 0) is 39.2 Å². The van der Waals surface area contributed by atoms with Crippen LogP contribution in [0.4, 0.5) is 0 Å². The molecular weight excluding hydrogens is 350 g/mol. The lowest BCUT2D eigenvalue weighted by Gasteiger charge is -2.19. The predicted octanol–water partition coefficient (Wildman–Crippen LogP) is 3.03. The summed E-state index contributed by atoms with van der Waals surface area (Å²) >= 11 is 0. The predicted molar refractivity (Wildman–Crippen MR) is 109 cm³/mol. The van der Waals surface area contributed by atoms with Crippen LogP contribution in [0.15, 0.2) is 53.6 Å². The van der Waals surface area contributed by atoms with Crippen molar-refractivity contribution in [2.24, 2.45) is 5.73 Å². The van der Waals surface area contributed by atoms with Crippen molar-refractivity contribution in [2.75, 3.05) is 13.1 Å². The number of hydrogen-bond acceptors (Lipinski definition) is 3. The third-order valence-corrected chi connectivity index (χ3v) is 3.67. The van der Waals surface area contributed by atoms with Crippen molar-refractivity contribution in [2.45, 2.75) is 39.7 Å². The first kappa shape index (κ1) is 23.9. The molecule has 0 aromatic heterocycles. The van der Waals surface area contributed by atoms with Crippen molar-refractivity contribution < 1.29 is 9.59 Å². The van der Waals surface area contributed by atoms with E-state index in [9.17, 15) is 9.59 Å². The van der Waals surface area contributed by atoms with Gasteiger partial charge in [-0.25, -0.2) is 0 Å². The molecule has 0 aliphatic rings. The Morgan fingerprint density at radius 2 is 1.81 bits per heavy atom. The summed E-state index contributed by atoms with van der Waals surface area (Å²) in [5, 5.41) is 5.69. The molecule has 2 amide bonds. The van der Waals surface area contributed by atoms with Crippen molar-refractivity contribution in [1.82, 2.24) is 10.6 Å². The highest BCUT2D eigenvalue weighted by Crippen LogP contribution is 2.11. The first-order valence-electron chi connectivity index (χ1n) is 8.55. The number of carbonyl (C=O) groups is 2. The Kier molecular flexibility index (Phi) is 12.1. The normalized spacial score (nSPS) is 11.8. The maximum atomic E-state index is 12.1. The average Bonchev–Trinajstić information content (AvgIpc) is 2.58. The van der Waals surface area contributed by atoms with Crippen molar-refractivity contribution >= 4 is 24.2 Å². The maximum absolute atomic E-state index is 12.1. The fourth-order valence-electron chi connectivity index (χ4n) is 2.33. The average molecular weight is 380 g/mol. The molecule has 0 radical (unpaired) electrons. The van der Waals surface area contributed by atoms with E-state index >= 15 is 0 Å². The molecule has 0 aliphatic carbocycles. The van der Waals surface area contributed by atoms with E-state index in [-0.39, 0.29) is 36.8 Å². The number of hydrogen-bond donors (Lipinski definition) is 3. The van der Waals surface area contributed by atoms with E-state index in [2.05, 4.69) is 30.6 Å². The topological polar surface area (TPSA) is 84.2 Å². The van der Waals surface area contributed by atoms with E-state index in [1.165, 1.54) is 5.57 Å². The number of rotatable bonds is 9. The summed E-state index contributed by atoms with van der Waals surface area (Å²) in [4.78, 5) is 23.7. The first-order valence-corrected chi connectivity index (χ1v) is 8.55. The summed E-state index contributed by atoms with van der Waals surface area (Å²) in [6.07, 6.45) is 5.55. The Morgan fingerprint density at radius 1 is 1.15 bits per heavy atom. The lowest BCUT2D eigenvalue weighted by atomic mass is 10.1. The zero-order valence-electron chi connectivity index (χ0n) is 15.7. The molecule has 0 unspecified atom stereocenters. The number of carbonyl (C=O) groups excluding carboxylic acids is 2. The van der Waals surface area contributed by atoms with Crippen LogP contribution in [-0.2, 0) is 9.59 Å². The van der Waals surface area contributed by atoms with Gasteiger partial charge < -0.3 is 16.4 Å². The lowest BCUT2D eigenvalue weighted by Crippen LogP contribution is -2.40. The van der Waals surface area contributed by atoms with Gasteiger partial charge in [0.2, 0.25) is 11.8 Å². The second kappa shape index (κ2) is 13.1. The van der Waals surface area contributed by atoms with E-state index in [1.807, 2.05) is 37.3 Å². The van der Waals surface area contributed by atoms with E-state index in [0.717, 1.165) is 24.0 Å². The van der Waals surface area contributed by atoms with Gasteiger partial charge in [0.15, 0.2) is 0 Å². The summed E-state index contributed by atoms with van der Waals surface area (Å²) in [6.45, 7) is 6.30. The standard InChI is InChI=1S/C20H29N3O2.ClH/c1-15(2)8-7-9-16(3)12-19(24)22-14-18(23-20(25)13-21)17-10-5-4-6-11-17;/h4-6,8,10-12,18H,7,9,13-14,21H2,1-3H3,(H,22,24)(H,23,25);1H/b16-12+;/t18-;/m1./s1. The molecule has 1 rings (SSSR count). The van der Waals surface area contributed by atoms with Crippen LogP contribution in [0.1, 0.15) is 45.2 Å².